The largest absolute Gasteiger partial charge is 0.493 e. The fourth-order valence-corrected chi connectivity index (χ4v) is 3.21. The van der Waals surface area contributed by atoms with E-state index < -0.39 is 18.1 Å². The maximum atomic E-state index is 12.8. The zero-order chi connectivity index (χ0) is 20.5. The number of hydrogen-bond acceptors (Lipinski definition) is 7. The van der Waals surface area contributed by atoms with Crippen molar-refractivity contribution in [3.8, 4) is 17.2 Å². The number of carbonyl (C=O) groups is 2. The quantitative estimate of drug-likeness (QED) is 0.636. The molecule has 1 aliphatic rings. The molecule has 9 nitrogen and oxygen atoms in total. The molecular weight excluding hydrogens is 376 g/mol. The topological polar surface area (TPSA) is 118 Å². The number of nitrogens with zero attached hydrogens (tertiary/aromatic N) is 2. The number of rotatable bonds is 5. The van der Waals surface area contributed by atoms with E-state index in [0.29, 0.717) is 11.3 Å². The number of hydrogen-bond donors (Lipinski definition) is 2. The van der Waals surface area contributed by atoms with E-state index in [9.17, 15) is 9.59 Å². The molecule has 1 amide bonds. The van der Waals surface area contributed by atoms with Crippen molar-refractivity contribution < 1.29 is 23.8 Å². The van der Waals surface area contributed by atoms with Gasteiger partial charge in [-0.05, 0) is 24.3 Å². The number of fused-ring (bicyclic) bond motifs is 1. The summed E-state index contributed by atoms with van der Waals surface area (Å²) in [6, 6.07) is 12.5. The van der Waals surface area contributed by atoms with E-state index >= 15 is 0 Å². The van der Waals surface area contributed by atoms with Crippen molar-refractivity contribution in [1.82, 2.24) is 15.1 Å². The van der Waals surface area contributed by atoms with Crippen LogP contribution in [-0.4, -0.2) is 35.9 Å². The monoisotopic (exact) mass is 394 g/mol. The highest BCUT2D eigenvalue weighted by Gasteiger charge is 2.37. The molecule has 3 N–H and O–H groups in total. The molecule has 29 heavy (non-hydrogen) atoms. The second-order valence-electron chi connectivity index (χ2n) is 6.21. The highest BCUT2D eigenvalue weighted by Crippen LogP contribution is 2.41. The van der Waals surface area contributed by atoms with Crippen molar-refractivity contribution in [3.05, 3.63) is 65.4 Å². The summed E-state index contributed by atoms with van der Waals surface area (Å²) in [5.41, 5.74) is 7.68. The molecule has 1 aliphatic heterocycles. The lowest BCUT2D eigenvalue weighted by Crippen LogP contribution is -2.29. The predicted molar refractivity (Wildman–Crippen MR) is 103 cm³/mol. The van der Waals surface area contributed by atoms with Gasteiger partial charge in [-0.25, -0.2) is 9.48 Å². The number of esters is 1. The van der Waals surface area contributed by atoms with Crippen LogP contribution < -0.4 is 20.5 Å². The van der Waals surface area contributed by atoms with Gasteiger partial charge >= 0.3 is 5.97 Å². The zero-order valence-electron chi connectivity index (χ0n) is 15.7. The molecule has 1 aromatic heterocycles. The maximum absolute atomic E-state index is 12.8. The number of nitrogens with two attached hydrogens (primary N) is 1. The van der Waals surface area contributed by atoms with Gasteiger partial charge in [-0.15, -0.1) is 0 Å². The van der Waals surface area contributed by atoms with Gasteiger partial charge in [-0.2, -0.15) is 5.10 Å². The molecule has 0 fully saturated rings. The Morgan fingerprint density at radius 3 is 2.62 bits per heavy atom. The number of para-hydroxylation sites is 1. The molecular formula is C20H18N4O5. The van der Waals surface area contributed by atoms with Crippen LogP contribution in [0.2, 0.25) is 0 Å². The van der Waals surface area contributed by atoms with Crippen LogP contribution in [0.3, 0.4) is 0 Å². The standard InChI is InChI=1S/C20H18N4O5/c1-27-14-9-8-12-15(16(14)28-2)20(26)29-19(12)23-18(25)13-10-22-24(17(13)21)11-6-4-3-5-7-11/h3-10,19H,21H2,1-2H3,(H,23,25). The summed E-state index contributed by atoms with van der Waals surface area (Å²) >= 11 is 0. The van der Waals surface area contributed by atoms with Crippen molar-refractivity contribution >= 4 is 17.7 Å². The molecule has 4 rings (SSSR count). The van der Waals surface area contributed by atoms with Crippen LogP contribution >= 0.6 is 0 Å². The molecule has 2 heterocycles. The lowest BCUT2D eigenvalue weighted by Gasteiger charge is -2.14. The molecule has 0 aliphatic carbocycles. The van der Waals surface area contributed by atoms with E-state index in [1.165, 1.54) is 25.1 Å². The Morgan fingerprint density at radius 2 is 1.93 bits per heavy atom. The first-order valence-corrected chi connectivity index (χ1v) is 8.70. The predicted octanol–water partition coefficient (Wildman–Crippen LogP) is 2.07. The summed E-state index contributed by atoms with van der Waals surface area (Å²) in [7, 11) is 2.90. The number of nitrogens with one attached hydrogen (secondary N) is 1. The lowest BCUT2D eigenvalue weighted by molar-refractivity contribution is 0.0302. The first-order chi connectivity index (χ1) is 14.0. The Morgan fingerprint density at radius 1 is 1.17 bits per heavy atom. The van der Waals surface area contributed by atoms with Gasteiger partial charge in [0.25, 0.3) is 5.91 Å². The van der Waals surface area contributed by atoms with E-state index in [0.717, 1.165) is 5.69 Å². The zero-order valence-corrected chi connectivity index (χ0v) is 15.7. The smallest absolute Gasteiger partial charge is 0.344 e. The molecule has 2 aromatic carbocycles. The van der Waals surface area contributed by atoms with E-state index in [-0.39, 0.29) is 22.7 Å². The molecule has 0 saturated heterocycles. The summed E-state index contributed by atoms with van der Waals surface area (Å²) in [4.78, 5) is 25.1. The molecule has 0 radical (unpaired) electrons. The normalized spacial score (nSPS) is 14.8. The highest BCUT2D eigenvalue weighted by atomic mass is 16.6. The Hall–Kier alpha value is -4.01. The van der Waals surface area contributed by atoms with E-state index in [4.69, 9.17) is 19.9 Å². The van der Waals surface area contributed by atoms with Crippen molar-refractivity contribution in [2.45, 2.75) is 6.23 Å². The van der Waals surface area contributed by atoms with Crippen LogP contribution in [0.5, 0.6) is 11.5 Å². The van der Waals surface area contributed by atoms with Crippen molar-refractivity contribution in [2.24, 2.45) is 0 Å². The van der Waals surface area contributed by atoms with Gasteiger partial charge in [-0.1, -0.05) is 18.2 Å². The number of cyclic esters (lactones) is 1. The van der Waals surface area contributed by atoms with Gasteiger partial charge in [0, 0.05) is 5.56 Å². The minimum absolute atomic E-state index is 0.166. The average molecular weight is 394 g/mol. The van der Waals surface area contributed by atoms with Gasteiger partial charge in [-0.3, -0.25) is 4.79 Å². The van der Waals surface area contributed by atoms with Crippen LogP contribution in [0.25, 0.3) is 5.69 Å². The fraction of sp³-hybridized carbons (Fsp3) is 0.150. The molecule has 3 aromatic rings. The van der Waals surface area contributed by atoms with Crippen molar-refractivity contribution in [1.29, 1.82) is 0 Å². The van der Waals surface area contributed by atoms with E-state index in [1.54, 1.807) is 12.1 Å². The van der Waals surface area contributed by atoms with Crippen LogP contribution in [0.4, 0.5) is 5.82 Å². The molecule has 0 spiro atoms. The lowest BCUT2D eigenvalue weighted by atomic mass is 10.1. The summed E-state index contributed by atoms with van der Waals surface area (Å²) in [5.74, 6) is -0.323. The summed E-state index contributed by atoms with van der Waals surface area (Å²) in [6.45, 7) is 0. The Bertz CT molecular complexity index is 1090. The number of ether oxygens (including phenoxy) is 3. The fourth-order valence-electron chi connectivity index (χ4n) is 3.21. The second kappa shape index (κ2) is 7.19. The third-order valence-corrected chi connectivity index (χ3v) is 4.60. The number of nitrogen functional groups attached to an aromatic ring is 1. The molecule has 0 saturated carbocycles. The minimum Gasteiger partial charge on any atom is -0.493 e. The van der Waals surface area contributed by atoms with Crippen molar-refractivity contribution in [3.63, 3.8) is 0 Å². The SMILES string of the molecule is COc1ccc2c(c1OC)C(=O)OC2NC(=O)c1cnn(-c2ccccc2)c1N. The second-order valence-corrected chi connectivity index (χ2v) is 6.21. The van der Waals surface area contributed by atoms with Crippen LogP contribution in [-0.2, 0) is 4.74 Å². The van der Waals surface area contributed by atoms with Gasteiger partial charge in [0.2, 0.25) is 6.23 Å². The average Bonchev–Trinajstić information content (AvgIpc) is 3.28. The number of benzene rings is 2. The first kappa shape index (κ1) is 18.4. The number of amides is 1. The van der Waals surface area contributed by atoms with Crippen LogP contribution in [0.1, 0.15) is 32.5 Å². The molecule has 9 heteroatoms. The third-order valence-electron chi connectivity index (χ3n) is 4.60. The van der Waals surface area contributed by atoms with Gasteiger partial charge in [0.05, 0.1) is 26.1 Å². The summed E-state index contributed by atoms with van der Waals surface area (Å²) in [6.07, 6.45) is 0.383. The molecule has 1 unspecified atom stereocenters. The van der Waals surface area contributed by atoms with E-state index in [1.807, 2.05) is 30.3 Å². The maximum Gasteiger partial charge on any atom is 0.344 e. The Labute approximate surface area is 166 Å². The highest BCUT2D eigenvalue weighted by molar-refractivity contribution is 6.01. The van der Waals surface area contributed by atoms with Gasteiger partial charge in [0.1, 0.15) is 16.9 Å². The molecule has 1 atom stereocenters. The van der Waals surface area contributed by atoms with E-state index in [2.05, 4.69) is 10.4 Å². The number of methoxy groups -OCH3 is 2. The van der Waals surface area contributed by atoms with Crippen LogP contribution in [0.15, 0.2) is 48.7 Å². The number of anilines is 1. The van der Waals surface area contributed by atoms with Gasteiger partial charge < -0.3 is 25.3 Å². The van der Waals surface area contributed by atoms with Crippen LogP contribution in [0, 0.1) is 0 Å². The Balaban J connectivity index is 1.62. The first-order valence-electron chi connectivity index (χ1n) is 8.70. The number of aromatic nitrogens is 2. The third kappa shape index (κ3) is 3.02. The Kier molecular flexibility index (Phi) is 4.55. The van der Waals surface area contributed by atoms with Gasteiger partial charge in [0.15, 0.2) is 11.5 Å². The van der Waals surface area contributed by atoms with Crippen molar-refractivity contribution in [2.75, 3.05) is 20.0 Å². The molecule has 148 valence electrons. The summed E-state index contributed by atoms with van der Waals surface area (Å²) < 4.78 is 17.3. The summed E-state index contributed by atoms with van der Waals surface area (Å²) in [5, 5.41) is 6.84. The molecule has 0 bridgehead atoms. The number of carbonyl (C=O) groups excluding carboxylic acids is 2. The minimum atomic E-state index is -0.982.